The molecule has 2 aliphatic rings. The van der Waals surface area contributed by atoms with Crippen LogP contribution in [-0.2, 0) is 23.7 Å². The van der Waals surface area contributed by atoms with E-state index in [4.69, 9.17) is 18.9 Å². The van der Waals surface area contributed by atoms with Gasteiger partial charge in [-0.2, -0.15) is 0 Å². The minimum atomic E-state index is -1.80. The number of aliphatic hydroxyl groups excluding tert-OH is 8. The van der Waals surface area contributed by atoms with E-state index in [-0.39, 0.29) is 18.9 Å². The van der Waals surface area contributed by atoms with Gasteiger partial charge < -0.3 is 65.1 Å². The van der Waals surface area contributed by atoms with Gasteiger partial charge in [-0.3, -0.25) is 4.79 Å². The van der Waals surface area contributed by atoms with Crippen molar-refractivity contribution in [2.24, 2.45) is 0 Å². The van der Waals surface area contributed by atoms with Crippen molar-refractivity contribution in [3.63, 3.8) is 0 Å². The highest BCUT2D eigenvalue weighted by Crippen LogP contribution is 2.30. The highest BCUT2D eigenvalue weighted by atomic mass is 16.7. The fourth-order valence-electron chi connectivity index (χ4n) is 12.6. The molecule has 9 N–H and O–H groups in total. The molecule has 0 bridgehead atoms. The second-order valence-corrected chi connectivity index (χ2v) is 27.4. The van der Waals surface area contributed by atoms with Gasteiger partial charge in [-0.25, -0.2) is 0 Å². The molecule has 0 aliphatic carbocycles. The Bertz CT molecular complexity index is 1920. The number of nitrogens with one attached hydrogen (secondary N) is 1. The Kier molecular flexibility index (Phi) is 60.0. The molecule has 12 atom stereocenters. The number of carbonyl (C=O) groups is 1. The fraction of sp³-hybridized carbons (Fsp3) is 0.815. The van der Waals surface area contributed by atoms with Crippen molar-refractivity contribution in [3.05, 3.63) is 85.1 Å². The third-order valence-corrected chi connectivity index (χ3v) is 18.8. The second kappa shape index (κ2) is 64.5. The molecule has 14 nitrogen and oxygen atoms in total. The van der Waals surface area contributed by atoms with E-state index in [9.17, 15) is 45.6 Å². The topological polar surface area (TPSA) is 228 Å². The van der Waals surface area contributed by atoms with Crippen LogP contribution in [-0.4, -0.2) is 140 Å². The SMILES string of the molecule is CC/C=C\C/C=C\C/C=C\C/C=C\CCCCCCCCCCCCCCCCCCCCCCCCC(=O)NC(COC1OC(CO)C(OC2OC(CO)C(O)C(O)C2O)C(O)C1O)C(O)/C=C/CC/C=C/CC/C=C/CCCCCCCCCCCCCCCCCC. The predicted octanol–water partition coefficient (Wildman–Crippen LogP) is 17.5. The highest BCUT2D eigenvalue weighted by Gasteiger charge is 2.51. The molecule has 0 saturated carbocycles. The molecule has 1 amide bonds. The molecule has 2 saturated heterocycles. The van der Waals surface area contributed by atoms with Gasteiger partial charge in [-0.05, 0) is 83.5 Å². The van der Waals surface area contributed by atoms with Gasteiger partial charge in [-0.15, -0.1) is 0 Å². The largest absolute Gasteiger partial charge is 0.394 e. The first-order valence-electron chi connectivity index (χ1n) is 39.3. The first-order chi connectivity index (χ1) is 46.6. The van der Waals surface area contributed by atoms with Gasteiger partial charge in [0.15, 0.2) is 12.6 Å². The van der Waals surface area contributed by atoms with Crippen molar-refractivity contribution in [1.82, 2.24) is 5.32 Å². The number of hydrogen-bond donors (Lipinski definition) is 9. The Labute approximate surface area is 580 Å². The highest BCUT2D eigenvalue weighted by molar-refractivity contribution is 5.76. The van der Waals surface area contributed by atoms with E-state index in [1.54, 1.807) is 6.08 Å². The van der Waals surface area contributed by atoms with Crippen molar-refractivity contribution in [3.8, 4) is 0 Å². The number of unbranched alkanes of at least 4 members (excludes halogenated alkanes) is 40. The number of aliphatic hydroxyl groups is 8. The number of rotatable bonds is 65. The van der Waals surface area contributed by atoms with E-state index in [0.717, 1.165) is 70.6 Å². The first kappa shape index (κ1) is 88.3. The average Bonchev–Trinajstić information content (AvgIpc) is 0.800. The molecule has 2 fully saturated rings. The van der Waals surface area contributed by atoms with Gasteiger partial charge in [0.25, 0.3) is 0 Å². The molecular weight excluding hydrogens is 1190 g/mol. The first-order valence-corrected chi connectivity index (χ1v) is 39.3. The summed E-state index contributed by atoms with van der Waals surface area (Å²) < 4.78 is 22.9. The Morgan fingerprint density at radius 3 is 1.16 bits per heavy atom. The minimum Gasteiger partial charge on any atom is -0.394 e. The van der Waals surface area contributed by atoms with E-state index in [0.29, 0.717) is 12.8 Å². The van der Waals surface area contributed by atoms with E-state index in [1.165, 1.54) is 225 Å². The lowest BCUT2D eigenvalue weighted by Gasteiger charge is -2.46. The van der Waals surface area contributed by atoms with Gasteiger partial charge in [0, 0.05) is 6.42 Å². The summed E-state index contributed by atoms with van der Waals surface area (Å²) >= 11 is 0. The van der Waals surface area contributed by atoms with Gasteiger partial charge in [0.1, 0.15) is 48.8 Å². The van der Waals surface area contributed by atoms with E-state index in [1.807, 2.05) is 6.08 Å². The van der Waals surface area contributed by atoms with Crippen molar-refractivity contribution < 1.29 is 64.6 Å². The smallest absolute Gasteiger partial charge is 0.220 e. The van der Waals surface area contributed by atoms with Gasteiger partial charge in [-0.1, -0.05) is 324 Å². The van der Waals surface area contributed by atoms with Crippen LogP contribution in [0.2, 0.25) is 0 Å². The molecule has 2 rings (SSSR count). The Balaban J connectivity index is 1.63. The van der Waals surface area contributed by atoms with Crippen molar-refractivity contribution >= 4 is 5.91 Å². The fourth-order valence-corrected chi connectivity index (χ4v) is 12.6. The van der Waals surface area contributed by atoms with E-state index in [2.05, 4.69) is 92.1 Å². The van der Waals surface area contributed by atoms with Crippen LogP contribution in [0.15, 0.2) is 85.1 Å². The summed E-state index contributed by atoms with van der Waals surface area (Å²) in [5.41, 5.74) is 0. The lowest BCUT2D eigenvalue weighted by Crippen LogP contribution is -2.65. The average molecular weight is 1340 g/mol. The molecule has 0 aromatic heterocycles. The maximum absolute atomic E-state index is 13.4. The number of carbonyl (C=O) groups excluding carboxylic acids is 1. The second-order valence-electron chi connectivity index (χ2n) is 27.4. The minimum absolute atomic E-state index is 0.249. The molecule has 0 aromatic carbocycles. The van der Waals surface area contributed by atoms with Crippen LogP contribution in [0.3, 0.4) is 0 Å². The van der Waals surface area contributed by atoms with Crippen LogP contribution in [0.25, 0.3) is 0 Å². The maximum Gasteiger partial charge on any atom is 0.220 e. The maximum atomic E-state index is 13.4. The summed E-state index contributed by atoms with van der Waals surface area (Å²) in [6.45, 7) is 2.71. The number of ether oxygens (including phenoxy) is 4. The summed E-state index contributed by atoms with van der Waals surface area (Å²) in [6.07, 6.45) is 73.8. The summed E-state index contributed by atoms with van der Waals surface area (Å²) in [4.78, 5) is 13.4. The quantitative estimate of drug-likeness (QED) is 0.0204. The van der Waals surface area contributed by atoms with Crippen LogP contribution in [0.5, 0.6) is 0 Å². The Morgan fingerprint density at radius 2 is 0.737 bits per heavy atom. The molecule has 2 heterocycles. The van der Waals surface area contributed by atoms with Crippen molar-refractivity contribution in [2.45, 2.75) is 402 Å². The number of amides is 1. The molecule has 0 radical (unpaired) electrons. The summed E-state index contributed by atoms with van der Waals surface area (Å²) in [5.74, 6) is -0.249. The van der Waals surface area contributed by atoms with Gasteiger partial charge in [0.05, 0.1) is 32.0 Å². The van der Waals surface area contributed by atoms with Crippen molar-refractivity contribution in [1.29, 1.82) is 0 Å². The third kappa shape index (κ3) is 47.8. The van der Waals surface area contributed by atoms with Crippen molar-refractivity contribution in [2.75, 3.05) is 19.8 Å². The summed E-state index contributed by atoms with van der Waals surface area (Å²) in [5, 5.41) is 87.6. The molecule has 14 heteroatoms. The van der Waals surface area contributed by atoms with Gasteiger partial charge >= 0.3 is 0 Å². The molecular formula is C81H145NO13. The zero-order chi connectivity index (χ0) is 68.7. The summed E-state index contributed by atoms with van der Waals surface area (Å²) in [6, 6.07) is -0.942. The van der Waals surface area contributed by atoms with Crippen LogP contribution in [0.4, 0.5) is 0 Å². The van der Waals surface area contributed by atoms with Crippen LogP contribution in [0, 0.1) is 0 Å². The van der Waals surface area contributed by atoms with Crippen LogP contribution in [0.1, 0.15) is 328 Å². The number of allylic oxidation sites excluding steroid dienone is 13. The van der Waals surface area contributed by atoms with Gasteiger partial charge in [0.2, 0.25) is 5.91 Å². The molecule has 0 spiro atoms. The molecule has 0 aromatic rings. The zero-order valence-electron chi connectivity index (χ0n) is 60.4. The van der Waals surface area contributed by atoms with E-state index < -0.39 is 86.8 Å². The molecule has 12 unspecified atom stereocenters. The lowest BCUT2D eigenvalue weighted by atomic mass is 9.97. The molecule has 95 heavy (non-hydrogen) atoms. The van der Waals surface area contributed by atoms with Crippen LogP contribution >= 0.6 is 0 Å². The standard InChI is InChI=1S/C81H145NO13/c1-3-5-7-9-11-13-15-17-19-21-23-25-27-29-31-32-33-34-35-36-37-38-39-41-43-45-47-49-51-53-55-57-59-61-63-65-73(86)82-69(68-92-80-78(91)76(89)79(72(67-84)94-80)95-81-77(90)75(88)74(87)71(66-83)93-81)70(85)64-62-60-58-56-54-52-50-48-46-44-42-40-30-28-26-24-22-20-18-16-14-12-10-8-6-4-2/h5,7,11,13,17,19,23,25,46,48,54,56,62,64,69-72,74-81,83-85,87-91H,3-4,6,8-10,12,14-16,18,20-22,24,26-45,47,49-53,55,57-61,63,65-68H2,1-2H3,(H,82,86)/b7-5-,13-11-,19-17-,25-23-,48-46+,56-54+,64-62+. The monoisotopic (exact) mass is 1340 g/mol. The Morgan fingerprint density at radius 1 is 0.389 bits per heavy atom. The number of hydrogen-bond acceptors (Lipinski definition) is 13. The lowest BCUT2D eigenvalue weighted by molar-refractivity contribution is -0.359. The summed E-state index contributed by atoms with van der Waals surface area (Å²) in [7, 11) is 0. The Hall–Kier alpha value is -2.83. The van der Waals surface area contributed by atoms with E-state index >= 15 is 0 Å². The zero-order valence-corrected chi connectivity index (χ0v) is 60.4. The van der Waals surface area contributed by atoms with Crippen LogP contribution < -0.4 is 5.32 Å². The molecule has 552 valence electrons. The predicted molar refractivity (Wildman–Crippen MR) is 392 cm³/mol. The normalized spacial score (nSPS) is 22.8. The third-order valence-electron chi connectivity index (χ3n) is 18.8. The molecule has 2 aliphatic heterocycles.